The van der Waals surface area contributed by atoms with Crippen molar-refractivity contribution >= 4 is 23.2 Å². The van der Waals surface area contributed by atoms with Crippen molar-refractivity contribution in [3.8, 4) is 0 Å². The molecule has 2 unspecified atom stereocenters. The average Bonchev–Trinajstić information content (AvgIpc) is 3.54. The molecule has 2 saturated carbocycles. The number of hydrogen-bond acceptors (Lipinski definition) is 4. The quantitative estimate of drug-likeness (QED) is 0.496. The van der Waals surface area contributed by atoms with Crippen molar-refractivity contribution in [2.24, 2.45) is 18.9 Å². The lowest BCUT2D eigenvalue weighted by atomic mass is 9.90. The van der Waals surface area contributed by atoms with E-state index in [1.54, 1.807) is 10.8 Å². The van der Waals surface area contributed by atoms with Crippen LogP contribution in [0.2, 0.25) is 5.02 Å². The maximum Gasteiger partial charge on any atom is 0.274 e. The normalized spacial score (nSPS) is 25.9. The first kappa shape index (κ1) is 24.0. The summed E-state index contributed by atoms with van der Waals surface area (Å²) < 4.78 is 17.3. The number of halogens is 2. The summed E-state index contributed by atoms with van der Waals surface area (Å²) in [5, 5.41) is 18.8. The Morgan fingerprint density at radius 1 is 1.26 bits per heavy atom. The number of benzene rings is 1. The topological polar surface area (TPSA) is 85.0 Å². The van der Waals surface area contributed by atoms with Crippen molar-refractivity contribution < 1.29 is 14.3 Å². The van der Waals surface area contributed by atoms with Crippen LogP contribution in [0.25, 0.3) is 0 Å². The van der Waals surface area contributed by atoms with Crippen molar-refractivity contribution in [2.75, 3.05) is 5.32 Å². The van der Waals surface area contributed by atoms with Gasteiger partial charge >= 0.3 is 0 Å². The van der Waals surface area contributed by atoms with Crippen LogP contribution in [0, 0.1) is 24.6 Å². The number of fused-ring (bicyclic) bond motifs is 1. The van der Waals surface area contributed by atoms with Crippen LogP contribution in [0.15, 0.2) is 30.5 Å². The maximum absolute atomic E-state index is 13.5. The molecule has 0 radical (unpaired) electrons. The summed E-state index contributed by atoms with van der Waals surface area (Å²) in [6.07, 6.45) is 4.89. The maximum atomic E-state index is 13.5. The van der Waals surface area contributed by atoms with Gasteiger partial charge in [0.25, 0.3) is 5.91 Å². The largest absolute Gasteiger partial charge is 0.384 e. The third kappa shape index (κ3) is 4.16. The van der Waals surface area contributed by atoms with Gasteiger partial charge in [-0.1, -0.05) is 11.6 Å². The Labute approximate surface area is 209 Å². The van der Waals surface area contributed by atoms with E-state index in [9.17, 15) is 14.3 Å². The van der Waals surface area contributed by atoms with Crippen molar-refractivity contribution in [1.82, 2.24) is 19.3 Å². The smallest absolute Gasteiger partial charge is 0.274 e. The van der Waals surface area contributed by atoms with Gasteiger partial charge in [-0.3, -0.25) is 9.48 Å². The summed E-state index contributed by atoms with van der Waals surface area (Å²) in [6, 6.07) is 6.25. The van der Waals surface area contributed by atoms with E-state index in [-0.39, 0.29) is 22.9 Å². The summed E-state index contributed by atoms with van der Waals surface area (Å²) in [4.78, 5) is 18.0. The number of anilines is 1. The summed E-state index contributed by atoms with van der Waals surface area (Å²) >= 11 is 5.89. The molecule has 35 heavy (non-hydrogen) atoms. The molecule has 186 valence electrons. The Bertz CT molecular complexity index is 1270. The number of aliphatic hydroxyl groups is 1. The fraction of sp³-hybridized carbons (Fsp3) is 0.500. The molecule has 2 atom stereocenters. The summed E-state index contributed by atoms with van der Waals surface area (Å²) in [5.74, 6) is 0.791. The molecule has 0 aliphatic heterocycles. The first-order valence-corrected chi connectivity index (χ1v) is 12.5. The lowest BCUT2D eigenvalue weighted by Crippen LogP contribution is -2.28. The van der Waals surface area contributed by atoms with Gasteiger partial charge in [-0.2, -0.15) is 5.10 Å². The molecule has 7 nitrogen and oxygen atoms in total. The standard InChI is InChI=1S/C26H31ClFN5O2/c1-14(2)33-22(7-8-29-33)26(35)12-17-9-16(10-18(17)13-26)23-24(32(4)15(3)30-23)25(34)31-19-5-6-21(28)20(27)11-19/h5-8,11,14,16-18,35H,9-10,12-13H2,1-4H3,(H,31,34). The molecule has 1 aromatic carbocycles. The van der Waals surface area contributed by atoms with Gasteiger partial charge in [0.05, 0.1) is 16.4 Å². The number of aryl methyl sites for hydroxylation is 1. The highest BCUT2D eigenvalue weighted by molar-refractivity contribution is 6.31. The molecule has 2 N–H and O–H groups in total. The van der Waals surface area contributed by atoms with Gasteiger partial charge in [0.15, 0.2) is 0 Å². The number of imidazole rings is 1. The van der Waals surface area contributed by atoms with E-state index >= 15 is 0 Å². The van der Waals surface area contributed by atoms with Crippen LogP contribution in [-0.2, 0) is 12.6 Å². The van der Waals surface area contributed by atoms with Gasteiger partial charge in [0.2, 0.25) is 0 Å². The molecule has 2 aliphatic carbocycles. The number of carbonyl (C=O) groups is 1. The van der Waals surface area contributed by atoms with Crippen molar-refractivity contribution in [3.63, 3.8) is 0 Å². The van der Waals surface area contributed by atoms with Crippen molar-refractivity contribution in [3.05, 3.63) is 64.2 Å². The molecule has 2 aromatic heterocycles. The average molecular weight is 500 g/mol. The van der Waals surface area contributed by atoms with Crippen LogP contribution in [0.1, 0.15) is 79.2 Å². The highest BCUT2D eigenvalue weighted by atomic mass is 35.5. The van der Waals surface area contributed by atoms with E-state index in [1.807, 2.05) is 24.7 Å². The molecule has 0 bridgehead atoms. The SMILES string of the molecule is Cc1nc(C2CC3CC(O)(c4ccnn4C(C)C)CC3C2)c(C(=O)Nc2ccc(F)c(Cl)c2)n1C. The fourth-order valence-corrected chi connectivity index (χ4v) is 6.32. The lowest BCUT2D eigenvalue weighted by Gasteiger charge is -2.27. The number of rotatable bonds is 5. The molecule has 2 aliphatic rings. The predicted octanol–water partition coefficient (Wildman–Crippen LogP) is 5.34. The minimum absolute atomic E-state index is 0.0425. The van der Waals surface area contributed by atoms with Crippen molar-refractivity contribution in [1.29, 1.82) is 0 Å². The van der Waals surface area contributed by atoms with Gasteiger partial charge in [0, 0.05) is 30.9 Å². The van der Waals surface area contributed by atoms with E-state index in [2.05, 4.69) is 24.3 Å². The van der Waals surface area contributed by atoms with E-state index in [4.69, 9.17) is 16.6 Å². The molecule has 5 rings (SSSR count). The molecule has 3 aromatic rings. The Hall–Kier alpha value is -2.71. The fourth-order valence-electron chi connectivity index (χ4n) is 6.14. The number of carbonyl (C=O) groups excluding carboxylic acids is 1. The number of nitrogens with one attached hydrogen (secondary N) is 1. The third-order valence-electron chi connectivity index (χ3n) is 7.80. The van der Waals surface area contributed by atoms with Gasteiger partial charge < -0.3 is 15.0 Å². The third-order valence-corrected chi connectivity index (χ3v) is 8.09. The number of aromatic nitrogens is 4. The first-order valence-electron chi connectivity index (χ1n) is 12.1. The van der Waals surface area contributed by atoms with Gasteiger partial charge in [-0.15, -0.1) is 0 Å². The number of amides is 1. The van der Waals surface area contributed by atoms with Gasteiger partial charge in [-0.25, -0.2) is 9.37 Å². The zero-order chi connectivity index (χ0) is 25.1. The Kier molecular flexibility index (Phi) is 6.00. The summed E-state index contributed by atoms with van der Waals surface area (Å²) in [6.45, 7) is 6.03. The second-order valence-electron chi connectivity index (χ2n) is 10.4. The Balaban J connectivity index is 1.36. The molecule has 2 heterocycles. The monoisotopic (exact) mass is 499 g/mol. The second-order valence-corrected chi connectivity index (χ2v) is 10.8. The molecular formula is C26H31ClFN5O2. The molecule has 0 spiro atoms. The zero-order valence-electron chi connectivity index (χ0n) is 20.4. The second kappa shape index (κ2) is 8.75. The van der Waals surface area contributed by atoms with Crippen LogP contribution in [0.5, 0.6) is 0 Å². The van der Waals surface area contributed by atoms with E-state index in [0.717, 1.165) is 30.1 Å². The van der Waals surface area contributed by atoms with E-state index < -0.39 is 11.4 Å². The summed E-state index contributed by atoms with van der Waals surface area (Å²) in [5.41, 5.74) is 1.76. The van der Waals surface area contributed by atoms with Crippen LogP contribution >= 0.6 is 11.6 Å². The number of nitrogens with zero attached hydrogens (tertiary/aromatic N) is 4. The highest BCUT2D eigenvalue weighted by Crippen LogP contribution is 2.57. The minimum atomic E-state index is -0.872. The minimum Gasteiger partial charge on any atom is -0.384 e. The highest BCUT2D eigenvalue weighted by Gasteiger charge is 2.51. The van der Waals surface area contributed by atoms with Crippen LogP contribution in [0.4, 0.5) is 10.1 Å². The van der Waals surface area contributed by atoms with Crippen LogP contribution < -0.4 is 5.32 Å². The summed E-state index contributed by atoms with van der Waals surface area (Å²) in [7, 11) is 1.83. The Morgan fingerprint density at radius 2 is 1.94 bits per heavy atom. The van der Waals surface area contributed by atoms with Crippen LogP contribution in [-0.4, -0.2) is 30.3 Å². The molecular weight excluding hydrogens is 469 g/mol. The lowest BCUT2D eigenvalue weighted by molar-refractivity contribution is 0.0242. The zero-order valence-corrected chi connectivity index (χ0v) is 21.2. The van der Waals surface area contributed by atoms with Gasteiger partial charge in [0.1, 0.15) is 22.9 Å². The van der Waals surface area contributed by atoms with Gasteiger partial charge in [-0.05, 0) is 82.6 Å². The van der Waals surface area contributed by atoms with Crippen LogP contribution in [0.3, 0.4) is 0 Å². The molecule has 0 saturated heterocycles. The van der Waals surface area contributed by atoms with Crippen molar-refractivity contribution in [2.45, 2.75) is 64.0 Å². The molecule has 2 fully saturated rings. The number of hydrogen-bond donors (Lipinski definition) is 2. The Morgan fingerprint density at radius 3 is 2.57 bits per heavy atom. The first-order chi connectivity index (χ1) is 16.6. The predicted molar refractivity (Wildman–Crippen MR) is 132 cm³/mol. The molecule has 1 amide bonds. The van der Waals surface area contributed by atoms with E-state index in [1.165, 1.54) is 18.2 Å². The molecule has 9 heteroatoms. The van der Waals surface area contributed by atoms with E-state index in [0.29, 0.717) is 36.1 Å².